The smallest absolute Gasteiger partial charge is 0.323 e. The van der Waals surface area contributed by atoms with Gasteiger partial charge < -0.3 is 25.2 Å². The van der Waals surface area contributed by atoms with Crippen molar-refractivity contribution in [2.75, 3.05) is 54.9 Å². The fourth-order valence-electron chi connectivity index (χ4n) is 5.68. The number of morpholine rings is 1. The van der Waals surface area contributed by atoms with E-state index in [1.165, 1.54) is 6.33 Å². The average molecular weight is 601 g/mol. The van der Waals surface area contributed by atoms with E-state index in [0.29, 0.717) is 36.0 Å². The summed E-state index contributed by atoms with van der Waals surface area (Å²) in [6.07, 6.45) is 7.17. The monoisotopic (exact) mass is 600 g/mol. The predicted octanol–water partition coefficient (Wildman–Crippen LogP) is 5.47. The number of carbonyl (C=O) groups excluding carboxylic acids is 2. The standard InChI is InChI=1S/C34H32N8O3/c43-33(42-13-1-2-14-42)24-5-10-28(11-6-24)38-34(44)37-27-8-3-23(4-9-27)31-39-30-19-25(26-20-35-22-36-21-26)7-12-29(30)32(40-31)41-15-17-45-18-16-41/h3-12,19-22H,1-2,13-18H2,(H2,37,38,44). The van der Waals surface area contributed by atoms with Gasteiger partial charge in [-0.3, -0.25) is 4.79 Å². The van der Waals surface area contributed by atoms with E-state index in [1.54, 1.807) is 36.7 Å². The molecule has 2 aliphatic heterocycles. The Balaban J connectivity index is 1.09. The van der Waals surface area contributed by atoms with Crippen LogP contribution >= 0.6 is 0 Å². The third-order valence-corrected chi connectivity index (χ3v) is 8.07. The first kappa shape index (κ1) is 28.4. The van der Waals surface area contributed by atoms with Gasteiger partial charge in [0.05, 0.1) is 18.7 Å². The zero-order chi connectivity index (χ0) is 30.6. The number of nitrogens with one attached hydrogen (secondary N) is 2. The Kier molecular flexibility index (Phi) is 7.98. The Bertz CT molecular complexity index is 1820. The highest BCUT2D eigenvalue weighted by atomic mass is 16.5. The van der Waals surface area contributed by atoms with Crippen molar-refractivity contribution >= 4 is 40.0 Å². The maximum atomic E-state index is 12.7. The molecule has 3 amide bonds. The zero-order valence-corrected chi connectivity index (χ0v) is 24.6. The second-order valence-electron chi connectivity index (χ2n) is 11.1. The third kappa shape index (κ3) is 6.29. The van der Waals surface area contributed by atoms with Crippen LogP contribution in [0, 0.1) is 0 Å². The van der Waals surface area contributed by atoms with Crippen LogP contribution in [0.15, 0.2) is 85.5 Å². The molecule has 7 rings (SSSR count). The number of anilines is 3. The van der Waals surface area contributed by atoms with Crippen molar-refractivity contribution < 1.29 is 14.3 Å². The highest BCUT2D eigenvalue weighted by Gasteiger charge is 2.20. The van der Waals surface area contributed by atoms with Gasteiger partial charge in [-0.1, -0.05) is 6.07 Å². The number of carbonyl (C=O) groups is 2. The largest absolute Gasteiger partial charge is 0.378 e. The minimum atomic E-state index is -0.379. The van der Waals surface area contributed by atoms with Gasteiger partial charge >= 0.3 is 6.03 Å². The molecule has 0 aliphatic carbocycles. The molecule has 0 radical (unpaired) electrons. The molecular formula is C34H32N8O3. The zero-order valence-electron chi connectivity index (χ0n) is 24.6. The molecule has 45 heavy (non-hydrogen) atoms. The fourth-order valence-corrected chi connectivity index (χ4v) is 5.68. The number of ether oxygens (including phenoxy) is 1. The van der Waals surface area contributed by atoms with Crippen molar-refractivity contribution in [1.29, 1.82) is 0 Å². The molecule has 2 N–H and O–H groups in total. The molecule has 11 nitrogen and oxygen atoms in total. The van der Waals surface area contributed by atoms with Crippen molar-refractivity contribution in [3.8, 4) is 22.5 Å². The van der Waals surface area contributed by atoms with Crippen LogP contribution in [0.25, 0.3) is 33.4 Å². The van der Waals surface area contributed by atoms with Gasteiger partial charge in [-0.25, -0.2) is 24.7 Å². The van der Waals surface area contributed by atoms with E-state index in [9.17, 15) is 9.59 Å². The van der Waals surface area contributed by atoms with Crippen LogP contribution < -0.4 is 15.5 Å². The molecule has 11 heteroatoms. The molecule has 2 aliphatic rings. The number of nitrogens with zero attached hydrogens (tertiary/aromatic N) is 6. The lowest BCUT2D eigenvalue weighted by Crippen LogP contribution is -2.37. The van der Waals surface area contributed by atoms with Crippen LogP contribution in [-0.2, 0) is 4.74 Å². The van der Waals surface area contributed by atoms with Crippen LogP contribution in [0.2, 0.25) is 0 Å². The quantitative estimate of drug-likeness (QED) is 0.263. The number of hydrogen-bond donors (Lipinski definition) is 2. The summed E-state index contributed by atoms with van der Waals surface area (Å²) in [5.74, 6) is 1.48. The van der Waals surface area contributed by atoms with E-state index in [4.69, 9.17) is 14.7 Å². The molecule has 0 atom stereocenters. The number of fused-ring (bicyclic) bond motifs is 1. The van der Waals surface area contributed by atoms with Crippen LogP contribution in [0.4, 0.5) is 22.0 Å². The predicted molar refractivity (Wildman–Crippen MR) is 173 cm³/mol. The molecular weight excluding hydrogens is 568 g/mol. The number of benzene rings is 3. The first-order valence-electron chi connectivity index (χ1n) is 15.1. The second-order valence-corrected chi connectivity index (χ2v) is 11.1. The van der Waals surface area contributed by atoms with E-state index >= 15 is 0 Å². The lowest BCUT2D eigenvalue weighted by Gasteiger charge is -2.29. The number of amides is 3. The number of rotatable bonds is 6. The number of aromatic nitrogens is 4. The molecule has 2 saturated heterocycles. The van der Waals surface area contributed by atoms with Crippen LogP contribution in [-0.4, -0.2) is 76.2 Å². The van der Waals surface area contributed by atoms with Crippen molar-refractivity contribution in [3.05, 3.63) is 91.0 Å². The van der Waals surface area contributed by atoms with Crippen molar-refractivity contribution in [1.82, 2.24) is 24.8 Å². The third-order valence-electron chi connectivity index (χ3n) is 8.07. The molecule has 0 saturated carbocycles. The van der Waals surface area contributed by atoms with Gasteiger partial charge in [0.1, 0.15) is 12.1 Å². The lowest BCUT2D eigenvalue weighted by molar-refractivity contribution is 0.0793. The van der Waals surface area contributed by atoms with E-state index in [0.717, 1.165) is 72.4 Å². The highest BCUT2D eigenvalue weighted by molar-refractivity contribution is 6.01. The SMILES string of the molecule is O=C(Nc1ccc(C(=O)N2CCCC2)cc1)Nc1ccc(-c2nc(N3CCOCC3)c3ccc(-c4cncnc4)cc3n2)cc1. The van der Waals surface area contributed by atoms with Gasteiger partial charge in [0, 0.05) is 72.0 Å². The Morgan fingerprint density at radius 3 is 2.04 bits per heavy atom. The van der Waals surface area contributed by atoms with Gasteiger partial charge in [0.2, 0.25) is 0 Å². The van der Waals surface area contributed by atoms with E-state index in [-0.39, 0.29) is 11.9 Å². The van der Waals surface area contributed by atoms with Crippen LogP contribution in [0.5, 0.6) is 0 Å². The summed E-state index contributed by atoms with van der Waals surface area (Å²) in [5, 5.41) is 6.66. The summed E-state index contributed by atoms with van der Waals surface area (Å²) in [7, 11) is 0. The van der Waals surface area contributed by atoms with Gasteiger partial charge in [-0.2, -0.15) is 0 Å². The molecule has 2 fully saturated rings. The summed E-state index contributed by atoms with van der Waals surface area (Å²) < 4.78 is 5.59. The maximum Gasteiger partial charge on any atom is 0.323 e. The summed E-state index contributed by atoms with van der Waals surface area (Å²) >= 11 is 0. The summed E-state index contributed by atoms with van der Waals surface area (Å²) in [6.45, 7) is 4.37. The van der Waals surface area contributed by atoms with Crippen LogP contribution in [0.3, 0.4) is 0 Å². The maximum absolute atomic E-state index is 12.7. The van der Waals surface area contributed by atoms with Gasteiger partial charge in [-0.15, -0.1) is 0 Å². The van der Waals surface area contributed by atoms with Crippen molar-refractivity contribution in [2.45, 2.75) is 12.8 Å². The molecule has 0 unspecified atom stereocenters. The summed E-state index contributed by atoms with van der Waals surface area (Å²) in [6, 6.07) is 20.2. The summed E-state index contributed by atoms with van der Waals surface area (Å²) in [4.78, 5) is 47.7. The molecule has 3 aromatic carbocycles. The number of hydrogen-bond acceptors (Lipinski definition) is 8. The Morgan fingerprint density at radius 2 is 1.36 bits per heavy atom. The summed E-state index contributed by atoms with van der Waals surface area (Å²) in [5.41, 5.74) is 5.37. The van der Waals surface area contributed by atoms with E-state index < -0.39 is 0 Å². The molecule has 226 valence electrons. The normalized spacial score (nSPS) is 14.8. The van der Waals surface area contributed by atoms with E-state index in [1.807, 2.05) is 41.3 Å². The number of urea groups is 1. The fraction of sp³-hybridized carbons (Fsp3) is 0.235. The van der Waals surface area contributed by atoms with Gasteiger partial charge in [-0.05, 0) is 79.1 Å². The highest BCUT2D eigenvalue weighted by Crippen LogP contribution is 2.31. The Hall–Kier alpha value is -5.42. The topological polar surface area (TPSA) is 125 Å². The molecule has 0 spiro atoms. The van der Waals surface area contributed by atoms with Gasteiger partial charge in [0.25, 0.3) is 5.91 Å². The molecule has 0 bridgehead atoms. The van der Waals surface area contributed by atoms with Crippen LogP contribution in [0.1, 0.15) is 23.2 Å². The van der Waals surface area contributed by atoms with Gasteiger partial charge in [0.15, 0.2) is 5.82 Å². The van der Waals surface area contributed by atoms with Crippen molar-refractivity contribution in [3.63, 3.8) is 0 Å². The number of likely N-dealkylation sites (tertiary alicyclic amines) is 1. The van der Waals surface area contributed by atoms with Crippen molar-refractivity contribution in [2.24, 2.45) is 0 Å². The Labute approximate surface area is 260 Å². The first-order valence-corrected chi connectivity index (χ1v) is 15.1. The first-order chi connectivity index (χ1) is 22.1. The lowest BCUT2D eigenvalue weighted by atomic mass is 10.1. The minimum absolute atomic E-state index is 0.0299. The Morgan fingerprint density at radius 1 is 0.711 bits per heavy atom. The molecule has 4 heterocycles. The minimum Gasteiger partial charge on any atom is -0.378 e. The second kappa shape index (κ2) is 12.7. The average Bonchev–Trinajstić information content (AvgIpc) is 3.64. The van der Waals surface area contributed by atoms with E-state index in [2.05, 4.69) is 31.6 Å². The molecule has 5 aromatic rings. The molecule has 2 aromatic heterocycles.